The molecule has 2 rings (SSSR count). The molecule has 1 aromatic carbocycles. The second kappa shape index (κ2) is 4.83. The number of nitrogens with zero attached hydrogens (tertiary/aromatic N) is 1. The van der Waals surface area contributed by atoms with E-state index in [1.54, 1.807) is 6.20 Å². The highest BCUT2D eigenvalue weighted by Gasteiger charge is 2.12. The molecule has 2 nitrogen and oxygen atoms in total. The first-order valence-electron chi connectivity index (χ1n) is 5.43. The normalized spacial score (nSPS) is 12.7. The highest BCUT2D eigenvalue weighted by molar-refractivity contribution is 9.10. The van der Waals surface area contributed by atoms with Gasteiger partial charge in [0.05, 0.1) is 6.20 Å². The van der Waals surface area contributed by atoms with Crippen LogP contribution in [0.5, 0.6) is 0 Å². The van der Waals surface area contributed by atoms with Gasteiger partial charge in [0.2, 0.25) is 0 Å². The van der Waals surface area contributed by atoms with Crippen LogP contribution in [0.15, 0.2) is 39.4 Å². The Labute approximate surface area is 104 Å². The maximum atomic E-state index is 5.76. The summed E-state index contributed by atoms with van der Waals surface area (Å²) in [6.07, 6.45) is 2.83. The molecular formula is C13H14BrNO. The van der Waals surface area contributed by atoms with Crippen molar-refractivity contribution in [3.8, 4) is 11.3 Å². The molecule has 0 aliphatic rings. The number of oxazole rings is 1. The maximum Gasteiger partial charge on any atom is 0.197 e. The molecule has 3 heteroatoms. The lowest BCUT2D eigenvalue weighted by molar-refractivity contribution is 0.462. The van der Waals surface area contributed by atoms with Crippen molar-refractivity contribution in [1.29, 1.82) is 0 Å². The van der Waals surface area contributed by atoms with E-state index in [0.29, 0.717) is 5.92 Å². The van der Waals surface area contributed by atoms with Gasteiger partial charge in [-0.25, -0.2) is 4.98 Å². The van der Waals surface area contributed by atoms with E-state index in [2.05, 4.69) is 34.8 Å². The molecule has 1 heterocycles. The average Bonchev–Trinajstić information content (AvgIpc) is 2.78. The van der Waals surface area contributed by atoms with Crippen LogP contribution in [-0.4, -0.2) is 4.98 Å². The average molecular weight is 280 g/mol. The molecule has 0 aliphatic carbocycles. The third-order valence-electron chi connectivity index (χ3n) is 2.70. The van der Waals surface area contributed by atoms with Crippen molar-refractivity contribution in [3.05, 3.63) is 40.8 Å². The molecule has 0 fully saturated rings. The molecule has 0 radical (unpaired) electrons. The number of hydrogen-bond donors (Lipinski definition) is 0. The maximum absolute atomic E-state index is 5.76. The zero-order valence-corrected chi connectivity index (χ0v) is 11.0. The van der Waals surface area contributed by atoms with Gasteiger partial charge in [-0.3, -0.25) is 0 Å². The van der Waals surface area contributed by atoms with E-state index in [-0.39, 0.29) is 0 Å². The summed E-state index contributed by atoms with van der Waals surface area (Å²) in [5.41, 5.74) is 1.05. The molecule has 0 spiro atoms. The van der Waals surface area contributed by atoms with Crippen LogP contribution in [0.4, 0.5) is 0 Å². The van der Waals surface area contributed by atoms with E-state index < -0.39 is 0 Å². The Kier molecular flexibility index (Phi) is 3.44. The van der Waals surface area contributed by atoms with Gasteiger partial charge < -0.3 is 4.42 Å². The van der Waals surface area contributed by atoms with Crippen LogP contribution in [-0.2, 0) is 0 Å². The Morgan fingerprint density at radius 1 is 1.38 bits per heavy atom. The first-order chi connectivity index (χ1) is 7.72. The van der Waals surface area contributed by atoms with Gasteiger partial charge in [0.25, 0.3) is 0 Å². The number of rotatable bonds is 3. The molecule has 0 N–H and O–H groups in total. The van der Waals surface area contributed by atoms with Crippen molar-refractivity contribution in [2.75, 3.05) is 0 Å². The lowest BCUT2D eigenvalue weighted by Crippen LogP contribution is -1.89. The van der Waals surface area contributed by atoms with Crippen LogP contribution in [0.3, 0.4) is 0 Å². The lowest BCUT2D eigenvalue weighted by atomic mass is 10.1. The Balaban J connectivity index is 2.35. The minimum atomic E-state index is 0.372. The third kappa shape index (κ3) is 2.19. The summed E-state index contributed by atoms with van der Waals surface area (Å²) < 4.78 is 6.79. The van der Waals surface area contributed by atoms with Crippen LogP contribution in [0, 0.1) is 0 Å². The van der Waals surface area contributed by atoms with E-state index in [1.807, 2.05) is 24.3 Å². The number of hydrogen-bond acceptors (Lipinski definition) is 2. The molecule has 0 saturated carbocycles. The summed E-state index contributed by atoms with van der Waals surface area (Å²) >= 11 is 3.51. The molecule has 0 aliphatic heterocycles. The largest absolute Gasteiger partial charge is 0.440 e. The van der Waals surface area contributed by atoms with E-state index in [4.69, 9.17) is 4.42 Å². The van der Waals surface area contributed by atoms with Gasteiger partial charge in [-0.1, -0.05) is 48.0 Å². The lowest BCUT2D eigenvalue weighted by Gasteiger charge is -2.02. The third-order valence-corrected chi connectivity index (χ3v) is 3.39. The summed E-state index contributed by atoms with van der Waals surface area (Å²) in [5, 5.41) is 0. The second-order valence-corrected chi connectivity index (χ2v) is 4.71. The predicted octanol–water partition coefficient (Wildman–Crippen LogP) is 4.62. The van der Waals surface area contributed by atoms with Gasteiger partial charge in [0, 0.05) is 16.0 Å². The molecule has 84 valence electrons. The quantitative estimate of drug-likeness (QED) is 0.820. The van der Waals surface area contributed by atoms with Crippen molar-refractivity contribution in [2.45, 2.75) is 26.2 Å². The van der Waals surface area contributed by atoms with Crippen LogP contribution in [0.1, 0.15) is 32.1 Å². The fourth-order valence-corrected chi connectivity index (χ4v) is 1.96. The fourth-order valence-electron chi connectivity index (χ4n) is 1.48. The summed E-state index contributed by atoms with van der Waals surface area (Å²) in [6.45, 7) is 4.25. The molecule has 2 aromatic rings. The standard InChI is InChI=1S/C13H14BrNO/c1-3-9(2)13-15-8-12(16-13)10-6-4-5-7-11(10)14/h4-9H,3H2,1-2H3. The van der Waals surface area contributed by atoms with Crippen molar-refractivity contribution in [2.24, 2.45) is 0 Å². The molecule has 0 saturated heterocycles. The van der Waals surface area contributed by atoms with Crippen LogP contribution in [0.25, 0.3) is 11.3 Å². The van der Waals surface area contributed by atoms with Gasteiger partial charge in [-0.15, -0.1) is 0 Å². The molecule has 0 amide bonds. The van der Waals surface area contributed by atoms with Crippen molar-refractivity contribution in [3.63, 3.8) is 0 Å². The Morgan fingerprint density at radius 3 is 2.81 bits per heavy atom. The Bertz CT molecular complexity index is 478. The smallest absolute Gasteiger partial charge is 0.197 e. The number of aromatic nitrogens is 1. The summed E-state index contributed by atoms with van der Waals surface area (Å²) in [4.78, 5) is 4.32. The highest BCUT2D eigenvalue weighted by atomic mass is 79.9. The van der Waals surface area contributed by atoms with Crippen LogP contribution >= 0.6 is 15.9 Å². The van der Waals surface area contributed by atoms with Crippen molar-refractivity contribution in [1.82, 2.24) is 4.98 Å². The zero-order valence-electron chi connectivity index (χ0n) is 9.40. The summed E-state index contributed by atoms with van der Waals surface area (Å²) in [5.74, 6) is 2.01. The van der Waals surface area contributed by atoms with Gasteiger partial charge in [-0.2, -0.15) is 0 Å². The molecule has 1 atom stereocenters. The minimum Gasteiger partial charge on any atom is -0.440 e. The van der Waals surface area contributed by atoms with Gasteiger partial charge in [0.1, 0.15) is 0 Å². The summed E-state index contributed by atoms with van der Waals surface area (Å²) in [6, 6.07) is 8.00. The minimum absolute atomic E-state index is 0.372. The number of benzene rings is 1. The van der Waals surface area contributed by atoms with Crippen LogP contribution in [0.2, 0.25) is 0 Å². The second-order valence-electron chi connectivity index (χ2n) is 3.85. The molecular weight excluding hydrogens is 266 g/mol. The molecule has 1 aromatic heterocycles. The highest BCUT2D eigenvalue weighted by Crippen LogP contribution is 2.30. The molecule has 16 heavy (non-hydrogen) atoms. The van der Waals surface area contributed by atoms with Gasteiger partial charge >= 0.3 is 0 Å². The van der Waals surface area contributed by atoms with E-state index in [9.17, 15) is 0 Å². The van der Waals surface area contributed by atoms with Crippen LogP contribution < -0.4 is 0 Å². The Hall–Kier alpha value is -1.09. The number of halogens is 1. The predicted molar refractivity (Wildman–Crippen MR) is 68.3 cm³/mol. The van der Waals surface area contributed by atoms with Crippen molar-refractivity contribution < 1.29 is 4.42 Å². The first kappa shape index (κ1) is 11.4. The summed E-state index contributed by atoms with van der Waals surface area (Å²) in [7, 11) is 0. The van der Waals surface area contributed by atoms with Crippen molar-refractivity contribution >= 4 is 15.9 Å². The topological polar surface area (TPSA) is 26.0 Å². The first-order valence-corrected chi connectivity index (χ1v) is 6.22. The zero-order chi connectivity index (χ0) is 11.5. The Morgan fingerprint density at radius 2 is 2.12 bits per heavy atom. The monoisotopic (exact) mass is 279 g/mol. The molecule has 1 unspecified atom stereocenters. The fraction of sp³-hybridized carbons (Fsp3) is 0.308. The molecule has 0 bridgehead atoms. The van der Waals surface area contributed by atoms with E-state index >= 15 is 0 Å². The van der Waals surface area contributed by atoms with Gasteiger partial charge in [0.15, 0.2) is 11.7 Å². The van der Waals surface area contributed by atoms with E-state index in [0.717, 1.165) is 28.1 Å². The van der Waals surface area contributed by atoms with E-state index in [1.165, 1.54) is 0 Å². The van der Waals surface area contributed by atoms with Gasteiger partial charge in [-0.05, 0) is 12.5 Å². The SMILES string of the molecule is CCC(C)c1ncc(-c2ccccc2Br)o1.